The summed E-state index contributed by atoms with van der Waals surface area (Å²) >= 11 is 4.23. The number of rotatable bonds is 1. The van der Waals surface area contributed by atoms with Gasteiger partial charge in [0.1, 0.15) is 5.75 Å². The van der Waals surface area contributed by atoms with Gasteiger partial charge < -0.3 is 5.11 Å². The third-order valence-electron chi connectivity index (χ3n) is 1.64. The van der Waals surface area contributed by atoms with Crippen LogP contribution in [0.2, 0.25) is 0 Å². The predicted octanol–water partition coefficient (Wildman–Crippen LogP) is 2.69. The average molecular weight is 168 g/mol. The van der Waals surface area contributed by atoms with E-state index in [1.165, 1.54) is 0 Å². The van der Waals surface area contributed by atoms with Crippen LogP contribution in [0.5, 0.6) is 5.75 Å². The smallest absolute Gasteiger partial charge is 0.120 e. The fraction of sp³-hybridized carbons (Fsp3) is 0.333. The van der Waals surface area contributed by atoms with Gasteiger partial charge in [0.2, 0.25) is 0 Å². The first-order valence-corrected chi connectivity index (χ1v) is 4.10. The van der Waals surface area contributed by atoms with E-state index in [9.17, 15) is 5.11 Å². The van der Waals surface area contributed by atoms with Crippen LogP contribution in [0.1, 0.15) is 23.3 Å². The van der Waals surface area contributed by atoms with Crippen LogP contribution >= 0.6 is 12.6 Å². The Morgan fingerprint density at radius 2 is 2.09 bits per heavy atom. The summed E-state index contributed by atoms with van der Waals surface area (Å²) in [5, 5.41) is 9.51. The van der Waals surface area contributed by atoms with E-state index >= 15 is 0 Å². The average Bonchev–Trinajstić information content (AvgIpc) is 1.85. The van der Waals surface area contributed by atoms with Gasteiger partial charge in [0.15, 0.2) is 0 Å². The van der Waals surface area contributed by atoms with Crippen molar-refractivity contribution >= 4 is 12.6 Å². The molecule has 0 bridgehead atoms. The summed E-state index contributed by atoms with van der Waals surface area (Å²) in [7, 11) is 0. The molecule has 1 rings (SSSR count). The molecule has 1 N–H and O–H groups in total. The fourth-order valence-electron chi connectivity index (χ4n) is 1.01. The molecule has 1 aromatic carbocycles. The number of aromatic hydroxyl groups is 1. The summed E-state index contributed by atoms with van der Waals surface area (Å²) in [6.45, 7) is 3.89. The number of benzene rings is 1. The molecular formula is C9H12OS. The van der Waals surface area contributed by atoms with Gasteiger partial charge >= 0.3 is 0 Å². The van der Waals surface area contributed by atoms with Crippen molar-refractivity contribution in [2.24, 2.45) is 0 Å². The second-order valence-corrected chi connectivity index (χ2v) is 3.51. The van der Waals surface area contributed by atoms with Gasteiger partial charge in [-0.25, -0.2) is 0 Å². The lowest BCUT2D eigenvalue weighted by molar-refractivity contribution is 0.468. The van der Waals surface area contributed by atoms with Crippen molar-refractivity contribution in [1.82, 2.24) is 0 Å². The zero-order valence-corrected chi connectivity index (χ0v) is 7.60. The number of hydrogen-bond donors (Lipinski definition) is 2. The van der Waals surface area contributed by atoms with Gasteiger partial charge in [-0.1, -0.05) is 12.1 Å². The Morgan fingerprint density at radius 1 is 1.45 bits per heavy atom. The molecule has 1 nitrogen and oxygen atoms in total. The van der Waals surface area contributed by atoms with Crippen LogP contribution in [0, 0.1) is 6.92 Å². The Kier molecular flexibility index (Phi) is 2.45. The molecule has 0 heterocycles. The van der Waals surface area contributed by atoms with Crippen LogP contribution in [-0.2, 0) is 0 Å². The monoisotopic (exact) mass is 168 g/mol. The first kappa shape index (κ1) is 8.47. The molecule has 1 atom stereocenters. The molecule has 0 radical (unpaired) electrons. The quantitative estimate of drug-likeness (QED) is 0.618. The van der Waals surface area contributed by atoms with Crippen LogP contribution in [0.25, 0.3) is 0 Å². The number of thiol groups is 1. The maximum Gasteiger partial charge on any atom is 0.120 e. The van der Waals surface area contributed by atoms with E-state index in [4.69, 9.17) is 0 Å². The zero-order chi connectivity index (χ0) is 8.43. The molecule has 0 saturated heterocycles. The SMILES string of the molecule is Cc1ccc(C(C)S)c(O)c1. The Morgan fingerprint density at radius 3 is 2.55 bits per heavy atom. The standard InChI is InChI=1S/C9H12OS/c1-6-3-4-8(7(2)11)9(10)5-6/h3-5,7,10-11H,1-2H3. The van der Waals surface area contributed by atoms with Gasteiger partial charge in [-0.2, -0.15) is 12.6 Å². The largest absolute Gasteiger partial charge is 0.508 e. The van der Waals surface area contributed by atoms with Crippen molar-refractivity contribution in [3.63, 3.8) is 0 Å². The molecule has 0 spiro atoms. The molecule has 0 aliphatic carbocycles. The van der Waals surface area contributed by atoms with Crippen molar-refractivity contribution < 1.29 is 5.11 Å². The Balaban J connectivity index is 3.09. The zero-order valence-electron chi connectivity index (χ0n) is 6.70. The fourth-order valence-corrected chi connectivity index (χ4v) is 1.23. The third kappa shape index (κ3) is 1.90. The highest BCUT2D eigenvalue weighted by Crippen LogP contribution is 2.28. The van der Waals surface area contributed by atoms with E-state index in [0.717, 1.165) is 11.1 Å². The summed E-state index contributed by atoms with van der Waals surface area (Å²) in [5.41, 5.74) is 1.96. The maximum atomic E-state index is 9.41. The minimum absolute atomic E-state index is 0.0931. The van der Waals surface area contributed by atoms with Gasteiger partial charge in [0.05, 0.1) is 0 Å². The lowest BCUT2D eigenvalue weighted by Crippen LogP contribution is -1.85. The molecule has 2 heteroatoms. The minimum atomic E-state index is 0.0931. The maximum absolute atomic E-state index is 9.41. The highest BCUT2D eigenvalue weighted by atomic mass is 32.1. The molecule has 0 aromatic heterocycles. The van der Waals surface area contributed by atoms with Crippen LogP contribution in [0.4, 0.5) is 0 Å². The van der Waals surface area contributed by atoms with Gasteiger partial charge in [-0.05, 0) is 25.5 Å². The first-order valence-electron chi connectivity index (χ1n) is 3.59. The van der Waals surface area contributed by atoms with E-state index in [1.807, 2.05) is 26.0 Å². The Hall–Kier alpha value is -0.630. The topological polar surface area (TPSA) is 20.2 Å². The second kappa shape index (κ2) is 3.18. The van der Waals surface area contributed by atoms with E-state index in [0.29, 0.717) is 5.75 Å². The van der Waals surface area contributed by atoms with E-state index in [2.05, 4.69) is 12.6 Å². The molecule has 0 fully saturated rings. The van der Waals surface area contributed by atoms with E-state index < -0.39 is 0 Å². The van der Waals surface area contributed by atoms with Gasteiger partial charge in [0, 0.05) is 10.8 Å². The van der Waals surface area contributed by atoms with E-state index in [-0.39, 0.29) is 5.25 Å². The number of hydrogen-bond acceptors (Lipinski definition) is 2. The lowest BCUT2D eigenvalue weighted by Gasteiger charge is -2.07. The number of aryl methyl sites for hydroxylation is 1. The van der Waals surface area contributed by atoms with Crippen LogP contribution < -0.4 is 0 Å². The van der Waals surface area contributed by atoms with Crippen molar-refractivity contribution in [2.45, 2.75) is 19.1 Å². The van der Waals surface area contributed by atoms with Gasteiger partial charge in [-0.15, -0.1) is 0 Å². The molecule has 0 saturated carbocycles. The molecule has 0 aliphatic rings. The highest BCUT2D eigenvalue weighted by molar-refractivity contribution is 7.80. The summed E-state index contributed by atoms with van der Waals surface area (Å²) in [6.07, 6.45) is 0. The molecule has 1 aromatic rings. The lowest BCUT2D eigenvalue weighted by atomic mass is 10.1. The minimum Gasteiger partial charge on any atom is -0.508 e. The van der Waals surface area contributed by atoms with Gasteiger partial charge in [-0.3, -0.25) is 0 Å². The second-order valence-electron chi connectivity index (χ2n) is 2.74. The highest BCUT2D eigenvalue weighted by Gasteiger charge is 2.04. The summed E-state index contributed by atoms with van der Waals surface area (Å²) in [5.74, 6) is 0.340. The molecule has 60 valence electrons. The predicted molar refractivity (Wildman–Crippen MR) is 50.2 cm³/mol. The number of phenolic OH excluding ortho intramolecular Hbond substituents is 1. The normalized spacial score (nSPS) is 13.0. The molecule has 11 heavy (non-hydrogen) atoms. The molecule has 0 aliphatic heterocycles. The van der Waals surface area contributed by atoms with Crippen molar-refractivity contribution in [1.29, 1.82) is 0 Å². The first-order chi connectivity index (χ1) is 5.11. The van der Waals surface area contributed by atoms with Gasteiger partial charge in [0.25, 0.3) is 0 Å². The van der Waals surface area contributed by atoms with Crippen molar-refractivity contribution in [3.8, 4) is 5.75 Å². The van der Waals surface area contributed by atoms with Crippen LogP contribution in [-0.4, -0.2) is 5.11 Å². The Labute approximate surface area is 72.5 Å². The van der Waals surface area contributed by atoms with Crippen LogP contribution in [0.3, 0.4) is 0 Å². The summed E-state index contributed by atoms with van der Waals surface area (Å²) in [6, 6.07) is 5.63. The molecular weight excluding hydrogens is 156 g/mol. The summed E-state index contributed by atoms with van der Waals surface area (Å²) in [4.78, 5) is 0. The summed E-state index contributed by atoms with van der Waals surface area (Å²) < 4.78 is 0. The molecule has 1 unspecified atom stereocenters. The third-order valence-corrected chi connectivity index (χ3v) is 1.91. The Bertz CT molecular complexity index is 256. The van der Waals surface area contributed by atoms with Crippen molar-refractivity contribution in [2.75, 3.05) is 0 Å². The molecule has 0 amide bonds. The van der Waals surface area contributed by atoms with E-state index in [1.54, 1.807) is 6.07 Å². The number of phenols is 1. The van der Waals surface area contributed by atoms with Crippen molar-refractivity contribution in [3.05, 3.63) is 29.3 Å². The van der Waals surface area contributed by atoms with Crippen LogP contribution in [0.15, 0.2) is 18.2 Å².